The summed E-state index contributed by atoms with van der Waals surface area (Å²) in [7, 11) is -82.0. The first-order chi connectivity index (χ1) is 49.3. The molecule has 0 aromatic carbocycles. The molecule has 1 unspecified atom stereocenters. The van der Waals surface area contributed by atoms with Gasteiger partial charge in [0.25, 0.3) is 0 Å². The molecule has 5 fully saturated rings. The maximum atomic E-state index is 7.47. The minimum absolute atomic E-state index is 1.39. The van der Waals surface area contributed by atoms with Crippen molar-refractivity contribution in [2.75, 3.05) is 78.2 Å². The van der Waals surface area contributed by atoms with E-state index in [4.69, 9.17) is 168 Å². The summed E-state index contributed by atoms with van der Waals surface area (Å²) in [6, 6.07) is 0. The van der Waals surface area contributed by atoms with Gasteiger partial charge in [0.2, 0.25) is 0 Å². The lowest BCUT2D eigenvalue weighted by Crippen LogP contribution is -2.77. The van der Waals surface area contributed by atoms with E-state index in [0.717, 1.165) is 0 Å². The minimum atomic E-state index is -4.86. The fourth-order valence-corrected chi connectivity index (χ4v) is 128. The molecule has 0 aromatic rings. The third kappa shape index (κ3) is 33.1. The lowest BCUT2D eigenvalue weighted by Gasteiger charge is -2.52. The Labute approximate surface area is 690 Å². The van der Waals surface area contributed by atoms with E-state index in [1.807, 2.05) is 91.7 Å². The van der Waals surface area contributed by atoms with Crippen LogP contribution in [0, 0.1) is 0 Å². The molecule has 0 radical (unpaired) electrons. The van der Waals surface area contributed by atoms with Gasteiger partial charge in [-0.2, -0.15) is 0 Å². The Bertz CT molecular complexity index is 3000. The van der Waals surface area contributed by atoms with Gasteiger partial charge in [0.1, 0.15) is 0 Å². The molecule has 111 heavy (non-hydrogen) atoms. The van der Waals surface area contributed by atoms with Crippen LogP contribution in [0.3, 0.4) is 0 Å². The molecule has 0 saturated carbocycles. The number of rotatable bonds is 19. The first kappa shape index (κ1) is 107. The van der Waals surface area contributed by atoms with E-state index in [2.05, 4.69) is 39.3 Å². The van der Waals surface area contributed by atoms with E-state index >= 15 is 0 Å². The lowest BCUT2D eigenvalue weighted by molar-refractivity contribution is 0.0369. The van der Waals surface area contributed by atoms with Crippen molar-refractivity contribution in [3.8, 4) is 0 Å². The summed E-state index contributed by atoms with van der Waals surface area (Å²) in [5.74, 6) is 0. The van der Waals surface area contributed by atoms with Crippen molar-refractivity contribution in [2.45, 2.75) is 223 Å². The first-order valence-electron chi connectivity index (χ1n) is 35.7. The van der Waals surface area contributed by atoms with Crippen LogP contribution in [0.15, 0.2) is 0 Å². The molecule has 0 amide bonds. The van der Waals surface area contributed by atoms with E-state index in [1.165, 1.54) is 64.0 Å². The Morgan fingerprint density at radius 2 is 0.405 bits per heavy atom. The molecule has 0 aromatic heterocycles. The molecule has 660 valence electrons. The highest BCUT2D eigenvalue weighted by molar-refractivity contribution is 6.99. The van der Waals surface area contributed by atoms with Crippen molar-refractivity contribution in [2.24, 2.45) is 0 Å². The predicted molar refractivity (Wildman–Crippen MR) is 459 cm³/mol. The summed E-state index contributed by atoms with van der Waals surface area (Å²) >= 11 is 0. The highest BCUT2D eigenvalue weighted by atomic mass is 28.6. The van der Waals surface area contributed by atoms with Crippen LogP contribution >= 0.6 is 0 Å². The van der Waals surface area contributed by atoms with Gasteiger partial charge in [0.05, 0.1) is 0 Å². The van der Waals surface area contributed by atoms with Crippen LogP contribution in [0.1, 0.15) is 0 Å². The quantitative estimate of drug-likeness (QED) is 0.109. The molecule has 5 rings (SSSR count). The van der Waals surface area contributed by atoms with Crippen molar-refractivity contribution in [1.29, 1.82) is 0 Å². The maximum absolute atomic E-state index is 7.47. The standard InChI is InChI=1S/C29H88O30Si18.C16H48O10Si8/c1-30-61(10,11)43-72(24)48-66(18,34-5)40-60-39-65(17,33-4)47-68(20,36-7)49-69(21,37-8)51-76(28)54-71(23,41-60)55-77(29)57-73(25,56-72)45-63(14,15)42-62(12,13)44-67(19,35-6)50-75(27,59-77)53-70(22,38-9)52-74(26,58-76)46-64(16,31-2)32-3;1-17-31(13)21-29(9,10)23-33(15,19-27(3,4)5)26-34(16,20-28(6,7)8)24-30(11,12)22-32(14,18-2)25-31/h60H,1-29H3;1-16H3/t60?,65-,66+,67+,68-,69-,70-,71+,72+,73+,74+,75-,76-,77-;31-,32+,33+,34-/m1./s1. The fourth-order valence-electron chi connectivity index (χ4n) is 12.5. The molecule has 5 saturated heterocycles. The van der Waals surface area contributed by atoms with Crippen LogP contribution in [-0.4, -0.2) is 306 Å². The Balaban J connectivity index is 0.000000637. The Morgan fingerprint density at radius 1 is 0.189 bits per heavy atom. The van der Waals surface area contributed by atoms with Crippen LogP contribution < -0.4 is 0 Å². The third-order valence-electron chi connectivity index (χ3n) is 15.6. The van der Waals surface area contributed by atoms with Crippen LogP contribution in [-0.2, 0) is 168 Å². The second kappa shape index (κ2) is 37.5. The van der Waals surface area contributed by atoms with Gasteiger partial charge in [-0.3, -0.25) is 0 Å². The normalized spacial score (nSPS) is 43.8. The molecule has 40 nitrogen and oxygen atoms in total. The summed E-state index contributed by atoms with van der Waals surface area (Å²) in [5.41, 5.74) is 0. The topological polar surface area (TPSA) is 369 Å². The van der Waals surface area contributed by atoms with Gasteiger partial charge < -0.3 is 168 Å². The fraction of sp³-hybridized carbons (Fsp3) is 1.00. The second-order valence-electron chi connectivity index (χ2n) is 32.3. The zero-order valence-corrected chi connectivity index (χ0v) is 101. The predicted octanol–water partition coefficient (Wildman–Crippen LogP) is 8.77. The van der Waals surface area contributed by atoms with Gasteiger partial charge in [-0.25, -0.2) is 0 Å². The molecule has 5 aliphatic heterocycles. The van der Waals surface area contributed by atoms with Gasteiger partial charge in [-0.15, -0.1) is 0 Å². The molecule has 6 bridgehead atoms. The largest absolute Gasteiger partial charge is 0.489 e. The highest BCUT2D eigenvalue weighted by Crippen LogP contribution is 2.44. The monoisotopic (exact) mass is 2040 g/mol. The van der Waals surface area contributed by atoms with E-state index in [1.54, 1.807) is 106 Å². The highest BCUT2D eigenvalue weighted by Gasteiger charge is 2.73. The summed E-state index contributed by atoms with van der Waals surface area (Å²) in [5, 5.41) is 0. The van der Waals surface area contributed by atoms with Crippen LogP contribution in [0.2, 0.25) is 223 Å². The Kier molecular flexibility index (Phi) is 36.3. The molecule has 18 atom stereocenters. The average molecular weight is 2050 g/mol. The van der Waals surface area contributed by atoms with Gasteiger partial charge in [-0.05, 0) is 105 Å². The first-order valence-corrected chi connectivity index (χ1v) is 98.0. The molecular formula is C45H136O40Si26. The van der Waals surface area contributed by atoms with Crippen LogP contribution in [0.4, 0.5) is 0 Å². The van der Waals surface area contributed by atoms with Crippen LogP contribution in [0.25, 0.3) is 0 Å². The second-order valence-corrected chi connectivity index (χ2v) is 115. The van der Waals surface area contributed by atoms with Gasteiger partial charge in [0, 0.05) is 196 Å². The van der Waals surface area contributed by atoms with Crippen molar-refractivity contribution in [3.05, 3.63) is 0 Å². The summed E-state index contributed by atoms with van der Waals surface area (Å²) < 4.78 is 269. The molecule has 5 aliphatic rings. The average Bonchev–Trinajstić information content (AvgIpc) is 0.732. The molecular weight excluding hydrogens is 1910 g/mol. The van der Waals surface area contributed by atoms with Crippen molar-refractivity contribution >= 4 is 227 Å². The lowest BCUT2D eigenvalue weighted by atomic mass is 11.8. The Hall–Kier alpha value is 4.04. The van der Waals surface area contributed by atoms with Gasteiger partial charge in [-0.1, -0.05) is 0 Å². The van der Waals surface area contributed by atoms with E-state index < -0.39 is 227 Å². The molecule has 66 heteroatoms. The van der Waals surface area contributed by atoms with E-state index in [-0.39, 0.29) is 0 Å². The zero-order valence-electron chi connectivity index (χ0n) is 74.4. The van der Waals surface area contributed by atoms with E-state index in [9.17, 15) is 0 Å². The third-order valence-corrected chi connectivity index (χ3v) is 115. The van der Waals surface area contributed by atoms with E-state index in [0.29, 0.717) is 0 Å². The minimum Gasteiger partial charge on any atom is -0.417 e. The maximum Gasteiger partial charge on any atom is 0.489 e. The molecule has 5 heterocycles. The zero-order chi connectivity index (χ0) is 86.4. The van der Waals surface area contributed by atoms with Crippen LogP contribution in [0.5, 0.6) is 0 Å². The Morgan fingerprint density at radius 3 is 0.730 bits per heavy atom. The molecule has 0 N–H and O–H groups in total. The molecule has 0 aliphatic carbocycles. The van der Waals surface area contributed by atoms with Gasteiger partial charge >= 0.3 is 211 Å². The summed E-state index contributed by atoms with van der Waals surface area (Å²) in [6.07, 6.45) is 0. The van der Waals surface area contributed by atoms with Crippen molar-refractivity contribution in [1.82, 2.24) is 0 Å². The molecule has 0 spiro atoms. The SMILES string of the molecule is CO[Si@@]1(C)O[Si](C)(C)O[Si@@](C)(O[Si](C)(C)C)O[Si@@](C)(O[Si](C)(C)C)O[Si](C)(C)O[Si@@](C)(OC)O1.CO[Si](C)(C)O[Si@]1(C)O[Si@]2(C)O[Si](C)(C)O[Si](C)(C)O[Si@](C)(OC)O[Si@]3(C)O[Si@](C)(OC)O[Si@](C)(O[Si](C)(OC)OC)O[Si@]4(C)O[Si@](C)(OC)O[Si@](C)(OC)O[Si@](C)(OC)O[SiH](O[Si@@](C)(O4)O[Si@](C)(O2)O3)O[Si@](C)(OC)O1. The summed E-state index contributed by atoms with van der Waals surface area (Å²) in [4.78, 5) is 0. The number of fused-ring (bicyclic) bond motifs is 4. The van der Waals surface area contributed by atoms with Gasteiger partial charge in [0.15, 0.2) is 16.6 Å². The smallest absolute Gasteiger partial charge is 0.417 e. The van der Waals surface area contributed by atoms with Crippen molar-refractivity contribution in [3.63, 3.8) is 0 Å². The number of hydrogen-bond acceptors (Lipinski definition) is 40. The summed E-state index contributed by atoms with van der Waals surface area (Å²) in [6.45, 7) is 61.4. The van der Waals surface area contributed by atoms with Crippen molar-refractivity contribution < 1.29 is 168 Å². The number of hydrogen-bond donors (Lipinski definition) is 0.